The van der Waals surface area contributed by atoms with Gasteiger partial charge < -0.3 is 0 Å². The number of carbonyl (C=O) groups excluding carboxylic acids is 1. The van der Waals surface area contributed by atoms with Crippen molar-refractivity contribution >= 4 is 27.3 Å². The number of hydrogen-bond donors (Lipinski definition) is 0. The minimum Gasteiger partial charge on any atom is -0.299 e. The van der Waals surface area contributed by atoms with E-state index in [1.54, 1.807) is 6.08 Å². The lowest BCUT2D eigenvalue weighted by Crippen LogP contribution is -2.22. The Balaban J connectivity index is 2.26. The van der Waals surface area contributed by atoms with Crippen LogP contribution in [0.2, 0.25) is 0 Å². The molecular formula is C25H30O3S. The van der Waals surface area contributed by atoms with Crippen LogP contribution in [0.4, 0.5) is 0 Å². The minimum absolute atomic E-state index is 0.0469. The fourth-order valence-electron chi connectivity index (χ4n) is 3.04. The van der Waals surface area contributed by atoms with E-state index in [4.69, 9.17) is 0 Å². The van der Waals surface area contributed by atoms with Gasteiger partial charge in [0.1, 0.15) is 5.78 Å². The minimum atomic E-state index is -3.18. The predicted molar refractivity (Wildman–Crippen MR) is 122 cm³/mol. The van der Waals surface area contributed by atoms with Gasteiger partial charge in [0, 0.05) is 23.5 Å². The van der Waals surface area contributed by atoms with Crippen LogP contribution in [0.5, 0.6) is 0 Å². The first-order valence-electron chi connectivity index (χ1n) is 9.70. The third kappa shape index (κ3) is 7.47. The van der Waals surface area contributed by atoms with Crippen LogP contribution < -0.4 is 0 Å². The average Bonchev–Trinajstić information content (AvgIpc) is 2.65. The highest BCUT2D eigenvalue weighted by atomic mass is 32.2. The Morgan fingerprint density at radius 3 is 2.28 bits per heavy atom. The van der Waals surface area contributed by atoms with Gasteiger partial charge in [-0.15, -0.1) is 0 Å². The molecule has 2 aromatic rings. The van der Waals surface area contributed by atoms with Crippen LogP contribution in [0.25, 0.3) is 11.6 Å². The van der Waals surface area contributed by atoms with Crippen molar-refractivity contribution in [1.82, 2.24) is 0 Å². The molecule has 0 spiro atoms. The molecule has 2 aromatic carbocycles. The van der Waals surface area contributed by atoms with Crippen molar-refractivity contribution in [2.45, 2.75) is 39.5 Å². The zero-order chi connectivity index (χ0) is 21.7. The van der Waals surface area contributed by atoms with E-state index in [-0.39, 0.29) is 17.1 Å². The van der Waals surface area contributed by atoms with Gasteiger partial charge in [-0.3, -0.25) is 4.79 Å². The molecule has 0 saturated carbocycles. The molecule has 3 nitrogen and oxygen atoms in total. The van der Waals surface area contributed by atoms with E-state index in [9.17, 15) is 13.2 Å². The number of sulfone groups is 1. The molecule has 0 saturated heterocycles. The van der Waals surface area contributed by atoms with Gasteiger partial charge in [0.15, 0.2) is 9.84 Å². The van der Waals surface area contributed by atoms with E-state index in [2.05, 4.69) is 18.7 Å². The van der Waals surface area contributed by atoms with Gasteiger partial charge in [0.2, 0.25) is 0 Å². The Morgan fingerprint density at radius 2 is 1.69 bits per heavy atom. The van der Waals surface area contributed by atoms with Crippen molar-refractivity contribution in [3.8, 4) is 0 Å². The lowest BCUT2D eigenvalue weighted by molar-refractivity contribution is -0.126. The fraction of sp³-hybridized carbons (Fsp3) is 0.320. The van der Waals surface area contributed by atoms with Crippen molar-refractivity contribution in [2.24, 2.45) is 5.41 Å². The largest absolute Gasteiger partial charge is 0.299 e. The summed E-state index contributed by atoms with van der Waals surface area (Å²) in [6.07, 6.45) is 3.87. The first-order chi connectivity index (χ1) is 13.5. The monoisotopic (exact) mass is 410 g/mol. The smallest absolute Gasteiger partial charge is 0.168 e. The lowest BCUT2D eigenvalue weighted by atomic mass is 9.80. The summed E-state index contributed by atoms with van der Waals surface area (Å²) in [6, 6.07) is 17.7. The topological polar surface area (TPSA) is 51.2 Å². The summed E-state index contributed by atoms with van der Waals surface area (Å²) in [5, 5.41) is 1.20. The molecule has 0 N–H and O–H groups in total. The summed E-state index contributed by atoms with van der Waals surface area (Å²) < 4.78 is 22.7. The maximum absolute atomic E-state index is 12.7. The van der Waals surface area contributed by atoms with Gasteiger partial charge in [-0.05, 0) is 46.7 Å². The summed E-state index contributed by atoms with van der Waals surface area (Å²) in [5.74, 6) is 0.273. The standard InChI is InChI=1S/C25H30O3S/c1-19(22-13-9-10-20(17-22)14-15-29(5,27)28)16-23(18-24(26)25(2,3)4)21-11-7-6-8-12-21/h6-15,17,23H,1,16,18H2,2-5H3/b15-14-/t23-/m1/s1. The molecule has 29 heavy (non-hydrogen) atoms. The van der Waals surface area contributed by atoms with Crippen LogP contribution in [-0.2, 0) is 14.6 Å². The Hall–Kier alpha value is -2.46. The van der Waals surface area contributed by atoms with Gasteiger partial charge in [0.25, 0.3) is 0 Å². The predicted octanol–water partition coefficient (Wildman–Crippen LogP) is 5.89. The average molecular weight is 411 g/mol. The highest BCUT2D eigenvalue weighted by Gasteiger charge is 2.26. The van der Waals surface area contributed by atoms with E-state index in [0.29, 0.717) is 12.8 Å². The normalized spacial score (nSPS) is 13.4. The summed E-state index contributed by atoms with van der Waals surface area (Å²) in [4.78, 5) is 12.7. The molecule has 1 atom stereocenters. The van der Waals surface area contributed by atoms with Crippen LogP contribution in [0, 0.1) is 5.41 Å². The second kappa shape index (κ2) is 9.36. The van der Waals surface area contributed by atoms with Crippen molar-refractivity contribution in [3.63, 3.8) is 0 Å². The van der Waals surface area contributed by atoms with Gasteiger partial charge in [-0.25, -0.2) is 8.42 Å². The van der Waals surface area contributed by atoms with Crippen molar-refractivity contribution < 1.29 is 13.2 Å². The fourth-order valence-corrected chi connectivity index (χ4v) is 3.45. The zero-order valence-corrected chi connectivity index (χ0v) is 18.5. The van der Waals surface area contributed by atoms with Crippen molar-refractivity contribution in [1.29, 1.82) is 0 Å². The Labute approximate surface area is 175 Å². The van der Waals surface area contributed by atoms with E-state index in [1.165, 1.54) is 11.7 Å². The highest BCUT2D eigenvalue weighted by molar-refractivity contribution is 7.93. The first kappa shape index (κ1) is 22.8. The van der Waals surface area contributed by atoms with Crippen molar-refractivity contribution in [3.05, 3.63) is 83.3 Å². The Kier molecular flexibility index (Phi) is 7.37. The molecule has 0 aliphatic carbocycles. The molecule has 0 aliphatic rings. The number of benzene rings is 2. The number of ketones is 1. The third-order valence-electron chi connectivity index (χ3n) is 4.83. The Morgan fingerprint density at radius 1 is 1.03 bits per heavy atom. The van der Waals surface area contributed by atoms with E-state index in [1.807, 2.05) is 63.2 Å². The maximum atomic E-state index is 12.7. The molecule has 0 amide bonds. The molecule has 0 unspecified atom stereocenters. The van der Waals surface area contributed by atoms with Crippen LogP contribution in [0.1, 0.15) is 56.2 Å². The molecule has 0 radical (unpaired) electrons. The van der Waals surface area contributed by atoms with Gasteiger partial charge in [-0.1, -0.05) is 75.9 Å². The summed E-state index contributed by atoms with van der Waals surface area (Å²) in [5.41, 5.74) is 3.42. The lowest BCUT2D eigenvalue weighted by Gasteiger charge is -2.23. The summed E-state index contributed by atoms with van der Waals surface area (Å²) in [6.45, 7) is 10.1. The maximum Gasteiger partial charge on any atom is 0.168 e. The van der Waals surface area contributed by atoms with Crippen LogP contribution >= 0.6 is 0 Å². The highest BCUT2D eigenvalue weighted by Crippen LogP contribution is 2.33. The summed E-state index contributed by atoms with van der Waals surface area (Å²) >= 11 is 0. The van der Waals surface area contributed by atoms with Gasteiger partial charge in [-0.2, -0.15) is 0 Å². The van der Waals surface area contributed by atoms with E-state index >= 15 is 0 Å². The third-order valence-corrected chi connectivity index (χ3v) is 5.47. The van der Waals surface area contributed by atoms with Crippen LogP contribution in [-0.4, -0.2) is 20.5 Å². The molecule has 0 aromatic heterocycles. The molecule has 154 valence electrons. The quantitative estimate of drug-likeness (QED) is 0.545. The second-order valence-corrected chi connectivity index (χ2v) is 10.5. The summed E-state index contributed by atoms with van der Waals surface area (Å²) in [7, 11) is -3.18. The van der Waals surface area contributed by atoms with Gasteiger partial charge in [0.05, 0.1) is 0 Å². The number of hydrogen-bond acceptors (Lipinski definition) is 3. The molecule has 0 heterocycles. The Bertz CT molecular complexity index is 994. The second-order valence-electron chi connectivity index (χ2n) is 8.55. The van der Waals surface area contributed by atoms with Crippen molar-refractivity contribution in [2.75, 3.05) is 6.26 Å². The molecule has 0 bridgehead atoms. The van der Waals surface area contributed by atoms with E-state index in [0.717, 1.165) is 22.3 Å². The molecule has 2 rings (SSSR count). The number of carbonyl (C=O) groups is 1. The molecule has 4 heteroatoms. The molecule has 0 aliphatic heterocycles. The van der Waals surface area contributed by atoms with E-state index < -0.39 is 9.84 Å². The molecule has 0 fully saturated rings. The van der Waals surface area contributed by atoms with Crippen LogP contribution in [0.15, 0.2) is 66.6 Å². The first-order valence-corrected chi connectivity index (χ1v) is 11.7. The number of allylic oxidation sites excluding steroid dienone is 1. The number of Topliss-reactive ketones (excluding diaryl/α,β-unsaturated/α-hetero) is 1. The van der Waals surface area contributed by atoms with Gasteiger partial charge >= 0.3 is 0 Å². The SMILES string of the molecule is C=C(C[C@H](CC(=O)C(C)(C)C)c1ccccc1)c1cccc(/C=C\S(C)(=O)=O)c1. The van der Waals surface area contributed by atoms with Crippen LogP contribution in [0.3, 0.4) is 0 Å². The molecular weight excluding hydrogens is 380 g/mol. The number of rotatable bonds is 8. The zero-order valence-electron chi connectivity index (χ0n) is 17.7.